The van der Waals surface area contributed by atoms with Crippen LogP contribution >= 0.6 is 0 Å². The Morgan fingerprint density at radius 1 is 1.29 bits per heavy atom. The van der Waals surface area contributed by atoms with E-state index in [0.29, 0.717) is 12.4 Å². The highest BCUT2D eigenvalue weighted by Gasteiger charge is 2.21. The van der Waals surface area contributed by atoms with Crippen molar-refractivity contribution in [3.05, 3.63) is 29.8 Å². The molecule has 0 bridgehead atoms. The van der Waals surface area contributed by atoms with Crippen molar-refractivity contribution >= 4 is 0 Å². The summed E-state index contributed by atoms with van der Waals surface area (Å²) in [5, 5.41) is 12.4. The van der Waals surface area contributed by atoms with E-state index < -0.39 is 17.2 Å². The fourth-order valence-corrected chi connectivity index (χ4v) is 1.92. The van der Waals surface area contributed by atoms with E-state index in [9.17, 15) is 14.0 Å². The zero-order chi connectivity index (χ0) is 15.7. The summed E-state index contributed by atoms with van der Waals surface area (Å²) in [4.78, 5) is 0. The minimum atomic E-state index is -0.909. The quantitative estimate of drug-likeness (QED) is 0.705. The number of hydrogen-bond donors (Lipinski definition) is 1. The molecular weight excluding hydrogens is 274 g/mol. The van der Waals surface area contributed by atoms with Gasteiger partial charge in [-0.3, -0.25) is 5.32 Å². The Labute approximate surface area is 124 Å². The van der Waals surface area contributed by atoms with E-state index in [2.05, 4.69) is 18.3 Å². The number of unbranched alkanes of at least 4 members (excludes halogenated alkanes) is 1. The fourth-order valence-electron chi connectivity index (χ4n) is 1.92. The largest absolute Gasteiger partial charge is 0.493 e. The monoisotopic (exact) mass is 296 g/mol. The summed E-state index contributed by atoms with van der Waals surface area (Å²) in [5.74, 6) is -1.47. The summed E-state index contributed by atoms with van der Waals surface area (Å²) in [6, 6.07) is 5.78. The summed E-state index contributed by atoms with van der Waals surface area (Å²) in [6.45, 7) is 5.18. The van der Waals surface area contributed by atoms with Crippen LogP contribution in [-0.2, 0) is 0 Å². The molecule has 1 N–H and O–H groups in total. The highest BCUT2D eigenvalue weighted by molar-refractivity contribution is 5.23. The highest BCUT2D eigenvalue weighted by atomic mass is 19.2. The predicted molar refractivity (Wildman–Crippen MR) is 78.0 cm³/mol. The average Bonchev–Trinajstić information content (AvgIpc) is 2.48. The van der Waals surface area contributed by atoms with Crippen LogP contribution in [0.5, 0.6) is 5.75 Å². The van der Waals surface area contributed by atoms with Gasteiger partial charge in [-0.05, 0) is 51.3 Å². The van der Waals surface area contributed by atoms with E-state index in [4.69, 9.17) is 4.74 Å². The van der Waals surface area contributed by atoms with E-state index in [-0.39, 0.29) is 0 Å². The zero-order valence-corrected chi connectivity index (χ0v) is 12.6. The average molecular weight is 296 g/mol. The lowest BCUT2D eigenvalue weighted by Crippen LogP contribution is -2.41. The van der Waals surface area contributed by atoms with E-state index in [0.717, 1.165) is 44.4 Å². The van der Waals surface area contributed by atoms with Gasteiger partial charge in [0.1, 0.15) is 11.3 Å². The Hall–Kier alpha value is -1.67. The lowest BCUT2D eigenvalue weighted by atomic mass is 9.96. The Morgan fingerprint density at radius 2 is 2.05 bits per heavy atom. The number of rotatable bonds is 9. The normalized spacial score (nSPS) is 13.5. The van der Waals surface area contributed by atoms with Gasteiger partial charge in [-0.15, -0.1) is 0 Å². The second-order valence-corrected chi connectivity index (χ2v) is 5.25. The third-order valence-electron chi connectivity index (χ3n) is 3.24. The first kappa shape index (κ1) is 17.4. The number of nitriles is 1. The molecule has 0 amide bonds. The minimum Gasteiger partial charge on any atom is -0.493 e. The Morgan fingerprint density at radius 3 is 2.67 bits per heavy atom. The lowest BCUT2D eigenvalue weighted by molar-refractivity contribution is 0.293. The van der Waals surface area contributed by atoms with E-state index in [1.54, 1.807) is 0 Å². The number of nitrogens with one attached hydrogen (secondary N) is 1. The van der Waals surface area contributed by atoms with Crippen molar-refractivity contribution in [3.8, 4) is 11.8 Å². The number of halogens is 2. The Kier molecular flexibility index (Phi) is 7.10. The van der Waals surface area contributed by atoms with Crippen molar-refractivity contribution in [2.45, 2.75) is 45.1 Å². The van der Waals surface area contributed by atoms with Crippen molar-refractivity contribution in [2.24, 2.45) is 0 Å². The molecule has 0 aromatic heterocycles. The summed E-state index contributed by atoms with van der Waals surface area (Å²) in [6.07, 6.45) is 3.29. The number of ether oxygens (including phenoxy) is 1. The van der Waals surface area contributed by atoms with Crippen LogP contribution in [0.3, 0.4) is 0 Å². The standard InChI is InChI=1S/C16H22F2N2O/c1-3-9-20-16(2,12-19)8-4-5-10-21-13-6-7-14(17)15(18)11-13/h6-7,11,20H,3-5,8-10H2,1-2H3. The summed E-state index contributed by atoms with van der Waals surface area (Å²) >= 11 is 0. The summed E-state index contributed by atoms with van der Waals surface area (Å²) in [5.41, 5.74) is -0.516. The maximum Gasteiger partial charge on any atom is 0.162 e. The number of benzene rings is 1. The molecule has 0 aliphatic rings. The number of nitrogens with zero attached hydrogens (tertiary/aromatic N) is 1. The molecule has 1 aromatic rings. The molecule has 5 heteroatoms. The van der Waals surface area contributed by atoms with E-state index >= 15 is 0 Å². The molecule has 0 fully saturated rings. The Balaban J connectivity index is 2.27. The van der Waals surface area contributed by atoms with Gasteiger partial charge >= 0.3 is 0 Å². The molecule has 1 rings (SSSR count). The predicted octanol–water partition coefficient (Wildman–Crippen LogP) is 3.80. The maximum absolute atomic E-state index is 13.0. The molecule has 0 aliphatic carbocycles. The van der Waals surface area contributed by atoms with Crippen molar-refractivity contribution in [1.29, 1.82) is 5.26 Å². The van der Waals surface area contributed by atoms with Gasteiger partial charge in [-0.1, -0.05) is 6.92 Å². The Bertz CT molecular complexity index is 488. The second kappa shape index (κ2) is 8.58. The van der Waals surface area contributed by atoms with E-state index in [1.807, 2.05) is 6.92 Å². The van der Waals surface area contributed by atoms with Crippen molar-refractivity contribution in [2.75, 3.05) is 13.2 Å². The first-order chi connectivity index (χ1) is 10.0. The van der Waals surface area contributed by atoms with Crippen LogP contribution in [0, 0.1) is 23.0 Å². The SMILES string of the molecule is CCCNC(C)(C#N)CCCCOc1ccc(F)c(F)c1. The molecule has 0 saturated carbocycles. The van der Waals surface area contributed by atoms with Gasteiger partial charge < -0.3 is 4.74 Å². The number of hydrogen-bond acceptors (Lipinski definition) is 3. The first-order valence-electron chi connectivity index (χ1n) is 7.25. The summed E-state index contributed by atoms with van der Waals surface area (Å²) < 4.78 is 31.1. The molecule has 1 unspecified atom stereocenters. The van der Waals surface area contributed by atoms with Gasteiger partial charge in [0, 0.05) is 6.07 Å². The second-order valence-electron chi connectivity index (χ2n) is 5.25. The van der Waals surface area contributed by atoms with Crippen LogP contribution in [0.25, 0.3) is 0 Å². The molecule has 0 spiro atoms. The summed E-state index contributed by atoms with van der Waals surface area (Å²) in [7, 11) is 0. The van der Waals surface area contributed by atoms with Gasteiger partial charge in [-0.25, -0.2) is 8.78 Å². The molecule has 21 heavy (non-hydrogen) atoms. The smallest absolute Gasteiger partial charge is 0.162 e. The van der Waals surface area contributed by atoms with Gasteiger partial charge in [0.2, 0.25) is 0 Å². The molecular formula is C16H22F2N2O. The molecule has 0 heterocycles. The van der Waals surface area contributed by atoms with Gasteiger partial charge in [-0.2, -0.15) is 5.26 Å². The molecule has 0 aliphatic heterocycles. The van der Waals surface area contributed by atoms with Gasteiger partial charge in [0.15, 0.2) is 11.6 Å². The van der Waals surface area contributed by atoms with Crippen LogP contribution in [0.15, 0.2) is 18.2 Å². The third-order valence-corrected chi connectivity index (χ3v) is 3.24. The molecule has 116 valence electrons. The molecule has 1 atom stereocenters. The lowest BCUT2D eigenvalue weighted by Gasteiger charge is -2.22. The van der Waals surface area contributed by atoms with Crippen LogP contribution in [0.1, 0.15) is 39.5 Å². The van der Waals surface area contributed by atoms with Crippen LogP contribution < -0.4 is 10.1 Å². The molecule has 0 radical (unpaired) electrons. The minimum absolute atomic E-state index is 0.320. The van der Waals surface area contributed by atoms with Gasteiger partial charge in [0.05, 0.1) is 12.7 Å². The van der Waals surface area contributed by atoms with Crippen molar-refractivity contribution < 1.29 is 13.5 Å². The van der Waals surface area contributed by atoms with Crippen molar-refractivity contribution in [1.82, 2.24) is 5.32 Å². The molecule has 1 aromatic carbocycles. The molecule has 3 nitrogen and oxygen atoms in total. The van der Waals surface area contributed by atoms with Gasteiger partial charge in [0.25, 0.3) is 0 Å². The topological polar surface area (TPSA) is 45.0 Å². The zero-order valence-electron chi connectivity index (χ0n) is 12.6. The molecule has 0 saturated heterocycles. The fraction of sp³-hybridized carbons (Fsp3) is 0.562. The highest BCUT2D eigenvalue weighted by Crippen LogP contribution is 2.17. The van der Waals surface area contributed by atoms with Crippen LogP contribution in [0.4, 0.5) is 8.78 Å². The van der Waals surface area contributed by atoms with Crippen LogP contribution in [0.2, 0.25) is 0 Å². The van der Waals surface area contributed by atoms with Crippen molar-refractivity contribution in [3.63, 3.8) is 0 Å². The first-order valence-corrected chi connectivity index (χ1v) is 7.25. The maximum atomic E-state index is 13.0. The van der Waals surface area contributed by atoms with Crippen LogP contribution in [-0.4, -0.2) is 18.7 Å². The third kappa shape index (κ3) is 6.09. The van der Waals surface area contributed by atoms with E-state index in [1.165, 1.54) is 6.07 Å².